The number of rotatable bonds is 3. The van der Waals surface area contributed by atoms with Crippen molar-refractivity contribution in [3.05, 3.63) is 42.4 Å². The van der Waals surface area contributed by atoms with Crippen molar-refractivity contribution >= 4 is 6.08 Å². The van der Waals surface area contributed by atoms with E-state index < -0.39 is 0 Å². The third-order valence-corrected chi connectivity index (χ3v) is 4.30. The van der Waals surface area contributed by atoms with Crippen molar-refractivity contribution in [2.75, 3.05) is 6.61 Å². The average Bonchev–Trinajstić information content (AvgIpc) is 3.14. The van der Waals surface area contributed by atoms with E-state index in [-0.39, 0.29) is 6.04 Å². The minimum absolute atomic E-state index is 0.225. The molecule has 0 unspecified atom stereocenters. The van der Waals surface area contributed by atoms with E-state index in [9.17, 15) is 0 Å². The van der Waals surface area contributed by atoms with E-state index in [4.69, 9.17) is 9.72 Å². The van der Waals surface area contributed by atoms with E-state index >= 15 is 0 Å². The van der Waals surface area contributed by atoms with Gasteiger partial charge >= 0.3 is 0 Å². The Morgan fingerprint density at radius 3 is 2.84 bits per heavy atom. The molecule has 0 amide bonds. The lowest BCUT2D eigenvalue weighted by atomic mass is 10.1. The van der Waals surface area contributed by atoms with Gasteiger partial charge in [0, 0.05) is 12.2 Å². The zero-order valence-corrected chi connectivity index (χ0v) is 14.7. The molecular weight excluding hydrogens is 314 g/mol. The van der Waals surface area contributed by atoms with E-state index in [2.05, 4.69) is 35.1 Å². The molecule has 3 heterocycles. The molecule has 0 fully saturated rings. The largest absolute Gasteiger partial charge is 0.491 e. The molecule has 3 aromatic rings. The van der Waals surface area contributed by atoms with Gasteiger partial charge in [0.05, 0.1) is 12.1 Å². The number of hydrogen-bond acceptors (Lipinski definition) is 4. The van der Waals surface area contributed by atoms with Gasteiger partial charge in [-0.15, -0.1) is 0 Å². The molecule has 2 aromatic heterocycles. The van der Waals surface area contributed by atoms with Crippen LogP contribution in [0, 0.1) is 6.92 Å². The minimum Gasteiger partial charge on any atom is -0.491 e. The van der Waals surface area contributed by atoms with Crippen molar-refractivity contribution in [1.82, 2.24) is 24.3 Å². The molecule has 0 radical (unpaired) electrons. The summed E-state index contributed by atoms with van der Waals surface area (Å²) in [7, 11) is 0. The zero-order valence-electron chi connectivity index (χ0n) is 14.7. The molecule has 1 aliphatic heterocycles. The topological polar surface area (TPSA) is 57.8 Å². The van der Waals surface area contributed by atoms with Gasteiger partial charge in [-0.05, 0) is 38.5 Å². The van der Waals surface area contributed by atoms with Crippen LogP contribution in [0.15, 0.2) is 31.0 Å². The van der Waals surface area contributed by atoms with E-state index in [1.165, 1.54) is 0 Å². The monoisotopic (exact) mass is 335 g/mol. The number of aromatic nitrogens is 5. The first-order valence-electron chi connectivity index (χ1n) is 8.47. The summed E-state index contributed by atoms with van der Waals surface area (Å²) >= 11 is 0. The van der Waals surface area contributed by atoms with Crippen LogP contribution >= 0.6 is 0 Å². The third kappa shape index (κ3) is 2.63. The Morgan fingerprint density at radius 1 is 1.24 bits per heavy atom. The van der Waals surface area contributed by atoms with Crippen LogP contribution in [-0.2, 0) is 6.54 Å². The summed E-state index contributed by atoms with van der Waals surface area (Å²) < 4.78 is 9.96. The molecule has 0 atom stereocenters. The van der Waals surface area contributed by atoms with Crippen molar-refractivity contribution in [2.45, 2.75) is 33.4 Å². The quantitative estimate of drug-likeness (QED) is 0.732. The normalized spacial score (nSPS) is 13.1. The number of aryl methyl sites for hydroxylation is 1. The maximum Gasteiger partial charge on any atom is 0.178 e. The summed E-state index contributed by atoms with van der Waals surface area (Å²) in [5, 5.41) is 4.50. The van der Waals surface area contributed by atoms with Crippen LogP contribution in [0.25, 0.3) is 29.0 Å². The molecule has 4 rings (SSSR count). The third-order valence-electron chi connectivity index (χ3n) is 4.30. The van der Waals surface area contributed by atoms with Crippen LogP contribution in [0.2, 0.25) is 0 Å². The fourth-order valence-electron chi connectivity index (χ4n) is 3.10. The van der Waals surface area contributed by atoms with Gasteiger partial charge in [0.1, 0.15) is 29.7 Å². The molecule has 25 heavy (non-hydrogen) atoms. The van der Waals surface area contributed by atoms with E-state index in [0.29, 0.717) is 6.61 Å². The van der Waals surface area contributed by atoms with Crippen molar-refractivity contribution in [3.8, 4) is 28.7 Å². The molecule has 128 valence electrons. The first-order chi connectivity index (χ1) is 12.1. The molecule has 1 aliphatic rings. The number of nitrogens with zero attached hydrogens (tertiary/aromatic N) is 5. The van der Waals surface area contributed by atoms with Gasteiger partial charge in [0.15, 0.2) is 5.82 Å². The molecular formula is C19H21N5O. The lowest BCUT2D eigenvalue weighted by Crippen LogP contribution is -2.06. The average molecular weight is 335 g/mol. The lowest BCUT2D eigenvalue weighted by Gasteiger charge is -2.08. The molecule has 0 N–H and O–H groups in total. The molecule has 0 saturated carbocycles. The van der Waals surface area contributed by atoms with Gasteiger partial charge < -0.3 is 9.30 Å². The molecule has 0 saturated heterocycles. The highest BCUT2D eigenvalue weighted by Gasteiger charge is 2.22. The summed E-state index contributed by atoms with van der Waals surface area (Å²) in [6.45, 7) is 11.3. The lowest BCUT2D eigenvalue weighted by molar-refractivity contribution is 0.306. The number of imidazole rings is 1. The van der Waals surface area contributed by atoms with Gasteiger partial charge in [-0.2, -0.15) is 5.10 Å². The van der Waals surface area contributed by atoms with Crippen LogP contribution in [0.5, 0.6) is 5.75 Å². The van der Waals surface area contributed by atoms with E-state index in [1.807, 2.05) is 42.1 Å². The van der Waals surface area contributed by atoms with Crippen LogP contribution in [-0.4, -0.2) is 30.9 Å². The fraction of sp³-hybridized carbons (Fsp3) is 0.316. The Balaban J connectivity index is 1.86. The van der Waals surface area contributed by atoms with Crippen molar-refractivity contribution in [3.63, 3.8) is 0 Å². The van der Waals surface area contributed by atoms with Crippen molar-refractivity contribution < 1.29 is 4.74 Å². The van der Waals surface area contributed by atoms with Crippen LogP contribution in [0.4, 0.5) is 0 Å². The Kier molecular flexibility index (Phi) is 3.67. The number of hydrogen-bond donors (Lipinski definition) is 0. The Bertz CT molecular complexity index is 951. The maximum atomic E-state index is 5.90. The predicted molar refractivity (Wildman–Crippen MR) is 97.4 cm³/mol. The molecule has 0 spiro atoms. The number of benzene rings is 1. The summed E-state index contributed by atoms with van der Waals surface area (Å²) in [6.07, 6.45) is 3.86. The summed E-state index contributed by atoms with van der Waals surface area (Å²) in [6, 6.07) is 6.30. The van der Waals surface area contributed by atoms with Gasteiger partial charge in [0.2, 0.25) is 0 Å². The fourth-order valence-corrected chi connectivity index (χ4v) is 3.10. The summed E-state index contributed by atoms with van der Waals surface area (Å²) in [4.78, 5) is 9.45. The second-order valence-corrected chi connectivity index (χ2v) is 6.47. The van der Waals surface area contributed by atoms with E-state index in [0.717, 1.165) is 46.6 Å². The van der Waals surface area contributed by atoms with Gasteiger partial charge in [-0.1, -0.05) is 18.7 Å². The van der Waals surface area contributed by atoms with Crippen LogP contribution < -0.4 is 4.74 Å². The van der Waals surface area contributed by atoms with Crippen LogP contribution in [0.1, 0.15) is 31.3 Å². The highest BCUT2D eigenvalue weighted by molar-refractivity contribution is 5.70. The second kappa shape index (κ2) is 5.88. The smallest absolute Gasteiger partial charge is 0.178 e. The Morgan fingerprint density at radius 2 is 2.08 bits per heavy atom. The highest BCUT2D eigenvalue weighted by atomic mass is 16.5. The molecule has 0 aliphatic carbocycles. The molecule has 1 aromatic carbocycles. The number of ether oxygens (including phenoxy) is 1. The second-order valence-electron chi connectivity index (χ2n) is 6.47. The standard InChI is InChI=1S/C19H21N5O/c1-5-14-6-7-15-17(10-14)25-9-8-23-11-16(21-18(15)23)19-20-13(4)22-24(19)12(2)3/h5-7,10-12H,1,8-9H2,2-4H3. The molecule has 6 nitrogen and oxygen atoms in total. The Hall–Kier alpha value is -2.89. The SMILES string of the molecule is C=Cc1ccc2c(c1)OCCn1cc(-c3nc(C)nn3C(C)C)nc1-2. The van der Waals surface area contributed by atoms with Crippen LogP contribution in [0.3, 0.4) is 0 Å². The zero-order chi connectivity index (χ0) is 17.6. The van der Waals surface area contributed by atoms with Crippen molar-refractivity contribution in [2.24, 2.45) is 0 Å². The predicted octanol–water partition coefficient (Wildman–Crippen LogP) is 3.73. The summed E-state index contributed by atoms with van der Waals surface area (Å²) in [5.41, 5.74) is 2.86. The van der Waals surface area contributed by atoms with E-state index in [1.54, 1.807) is 0 Å². The molecule has 6 heteroatoms. The first kappa shape index (κ1) is 15.6. The summed E-state index contributed by atoms with van der Waals surface area (Å²) in [5.74, 6) is 3.30. The van der Waals surface area contributed by atoms with Crippen molar-refractivity contribution in [1.29, 1.82) is 0 Å². The first-order valence-corrected chi connectivity index (χ1v) is 8.47. The minimum atomic E-state index is 0.225. The number of fused-ring (bicyclic) bond motifs is 3. The Labute approximate surface area is 146 Å². The maximum absolute atomic E-state index is 5.90. The van der Waals surface area contributed by atoms with Gasteiger partial charge in [0.25, 0.3) is 0 Å². The van der Waals surface area contributed by atoms with Gasteiger partial charge in [-0.3, -0.25) is 0 Å². The van der Waals surface area contributed by atoms with Gasteiger partial charge in [-0.25, -0.2) is 14.6 Å². The highest BCUT2D eigenvalue weighted by Crippen LogP contribution is 2.34. The molecule has 0 bridgehead atoms.